The number of nitrogens with zero attached hydrogens (tertiary/aromatic N) is 6. The van der Waals surface area contributed by atoms with Crippen LogP contribution in [-0.2, 0) is 0 Å². The zero-order valence-corrected chi connectivity index (χ0v) is 15.5. The summed E-state index contributed by atoms with van der Waals surface area (Å²) in [7, 11) is 0. The summed E-state index contributed by atoms with van der Waals surface area (Å²) < 4.78 is 0. The normalized spacial score (nSPS) is 18.3. The van der Waals surface area contributed by atoms with Crippen molar-refractivity contribution in [1.82, 2.24) is 30.2 Å². The summed E-state index contributed by atoms with van der Waals surface area (Å²) in [5.74, 6) is 3.07. The van der Waals surface area contributed by atoms with Crippen molar-refractivity contribution in [2.45, 2.75) is 50.9 Å². The van der Waals surface area contributed by atoms with Crippen molar-refractivity contribution in [3.05, 3.63) is 36.2 Å². The largest absolute Gasteiger partial charge is 0.353 e. The summed E-state index contributed by atoms with van der Waals surface area (Å²) in [6.07, 6.45) is 8.68. The second-order valence-electron chi connectivity index (χ2n) is 7.57. The van der Waals surface area contributed by atoms with E-state index in [1.807, 2.05) is 30.3 Å². The quantitative estimate of drug-likeness (QED) is 0.765. The fraction of sp³-hybridized carbons (Fsp3) is 0.500. The molecule has 1 aromatic carbocycles. The molecule has 0 radical (unpaired) electrons. The smallest absolute Gasteiger partial charge is 0.205 e. The van der Waals surface area contributed by atoms with Gasteiger partial charge in [0, 0.05) is 19.0 Å². The van der Waals surface area contributed by atoms with Gasteiger partial charge in [-0.15, -0.1) is 15.0 Å². The number of hydrogen-bond donors (Lipinski definition) is 1. The fourth-order valence-electron chi connectivity index (χ4n) is 4.20. The molecular formula is C20H25N7. The van der Waals surface area contributed by atoms with Crippen LogP contribution in [0.25, 0.3) is 17.2 Å². The molecule has 0 bridgehead atoms. The van der Waals surface area contributed by atoms with E-state index in [0.29, 0.717) is 11.7 Å². The fourth-order valence-corrected chi connectivity index (χ4v) is 4.20. The van der Waals surface area contributed by atoms with Gasteiger partial charge >= 0.3 is 0 Å². The van der Waals surface area contributed by atoms with Crippen LogP contribution in [0.5, 0.6) is 0 Å². The van der Waals surface area contributed by atoms with Crippen molar-refractivity contribution in [3.8, 4) is 17.2 Å². The third-order valence-electron chi connectivity index (χ3n) is 5.70. The van der Waals surface area contributed by atoms with Gasteiger partial charge in [0.15, 0.2) is 11.5 Å². The number of anilines is 1. The maximum atomic E-state index is 4.83. The van der Waals surface area contributed by atoms with Gasteiger partial charge in [0.05, 0.1) is 5.69 Å². The summed E-state index contributed by atoms with van der Waals surface area (Å²) in [6, 6.07) is 10.0. The lowest BCUT2D eigenvalue weighted by Gasteiger charge is -2.18. The van der Waals surface area contributed by atoms with Gasteiger partial charge in [-0.05, 0) is 37.8 Å². The molecule has 1 saturated heterocycles. The molecular weight excluding hydrogens is 338 g/mol. The van der Waals surface area contributed by atoms with E-state index in [4.69, 9.17) is 15.2 Å². The highest BCUT2D eigenvalue weighted by molar-refractivity contribution is 5.67. The van der Waals surface area contributed by atoms with Gasteiger partial charge in [-0.3, -0.25) is 5.10 Å². The van der Waals surface area contributed by atoms with E-state index in [-0.39, 0.29) is 0 Å². The first-order valence-electron chi connectivity index (χ1n) is 10.1. The molecule has 2 fully saturated rings. The molecule has 5 rings (SSSR count). The van der Waals surface area contributed by atoms with Gasteiger partial charge in [0.25, 0.3) is 0 Å². The van der Waals surface area contributed by atoms with Gasteiger partial charge in [-0.25, -0.2) is 4.98 Å². The molecule has 7 heteroatoms. The van der Waals surface area contributed by atoms with E-state index in [2.05, 4.69) is 15.1 Å². The number of para-hydroxylation sites is 1. The van der Waals surface area contributed by atoms with E-state index < -0.39 is 0 Å². The Balaban J connectivity index is 1.52. The zero-order chi connectivity index (χ0) is 18.1. The third-order valence-corrected chi connectivity index (χ3v) is 5.70. The highest BCUT2D eigenvalue weighted by atomic mass is 15.5. The average Bonchev–Trinajstić information content (AvgIpc) is 3.48. The number of aromatic amines is 1. The number of H-pyrrole nitrogens is 1. The second-order valence-corrected chi connectivity index (χ2v) is 7.57. The first kappa shape index (κ1) is 16.5. The average molecular weight is 363 g/mol. The molecule has 3 heterocycles. The van der Waals surface area contributed by atoms with Crippen LogP contribution >= 0.6 is 0 Å². The van der Waals surface area contributed by atoms with Crippen LogP contribution in [0.4, 0.5) is 5.82 Å². The molecule has 0 amide bonds. The number of aromatic nitrogens is 6. The van der Waals surface area contributed by atoms with Crippen LogP contribution in [0.3, 0.4) is 0 Å². The van der Waals surface area contributed by atoms with Gasteiger partial charge < -0.3 is 4.90 Å². The van der Waals surface area contributed by atoms with Crippen LogP contribution in [0.1, 0.15) is 56.7 Å². The highest BCUT2D eigenvalue weighted by Gasteiger charge is 2.26. The summed E-state index contributed by atoms with van der Waals surface area (Å²) in [5.41, 5.74) is 1.73. The topological polar surface area (TPSA) is 75.5 Å². The Morgan fingerprint density at radius 2 is 1.67 bits per heavy atom. The highest BCUT2D eigenvalue weighted by Crippen LogP contribution is 2.33. The zero-order valence-electron chi connectivity index (χ0n) is 15.5. The minimum absolute atomic E-state index is 0.499. The molecule has 140 valence electrons. The standard InChI is InChI=1S/C20H25N7/c1-3-9-15(10-4-1)18-21-19(23-22-18)17-20(26-13-7-8-14-26)25-27(24-17)16-11-5-2-6-12-16/h2,5-6,11-12,15H,1,3-4,7-10,13-14H2,(H,21,22,23). The van der Waals surface area contributed by atoms with Crippen LogP contribution in [0.15, 0.2) is 30.3 Å². The van der Waals surface area contributed by atoms with Crippen molar-refractivity contribution in [3.63, 3.8) is 0 Å². The van der Waals surface area contributed by atoms with Crippen LogP contribution in [-0.4, -0.2) is 43.3 Å². The van der Waals surface area contributed by atoms with Crippen molar-refractivity contribution < 1.29 is 0 Å². The first-order valence-corrected chi connectivity index (χ1v) is 10.1. The molecule has 7 nitrogen and oxygen atoms in total. The molecule has 0 unspecified atom stereocenters. The van der Waals surface area contributed by atoms with E-state index in [0.717, 1.165) is 36.1 Å². The Kier molecular flexibility index (Phi) is 4.35. The van der Waals surface area contributed by atoms with Crippen molar-refractivity contribution >= 4 is 5.82 Å². The first-order chi connectivity index (χ1) is 13.4. The predicted octanol–water partition coefficient (Wildman–Crippen LogP) is 3.70. The summed E-state index contributed by atoms with van der Waals surface area (Å²) in [5, 5.41) is 17.3. The Labute approximate surface area is 158 Å². The number of hydrogen-bond acceptors (Lipinski definition) is 5. The van der Waals surface area contributed by atoms with Gasteiger partial charge in [-0.2, -0.15) is 5.10 Å². The van der Waals surface area contributed by atoms with E-state index >= 15 is 0 Å². The summed E-state index contributed by atoms with van der Waals surface area (Å²) in [6.45, 7) is 2.03. The van der Waals surface area contributed by atoms with E-state index in [9.17, 15) is 0 Å². The summed E-state index contributed by atoms with van der Waals surface area (Å²) in [4.78, 5) is 8.85. The molecule has 1 aliphatic carbocycles. The molecule has 3 aromatic rings. The number of rotatable bonds is 4. The molecule has 1 aliphatic heterocycles. The van der Waals surface area contributed by atoms with E-state index in [1.54, 1.807) is 4.80 Å². The van der Waals surface area contributed by atoms with Gasteiger partial charge in [-0.1, -0.05) is 37.5 Å². The maximum Gasteiger partial charge on any atom is 0.205 e. The molecule has 0 spiro atoms. The minimum atomic E-state index is 0.499. The monoisotopic (exact) mass is 363 g/mol. The molecule has 2 aliphatic rings. The SMILES string of the molecule is c1ccc(-n2nc(-c3n[nH]c(C4CCCCC4)n3)c(N3CCCC3)n2)cc1. The van der Waals surface area contributed by atoms with Gasteiger partial charge in [0.1, 0.15) is 5.82 Å². The van der Waals surface area contributed by atoms with E-state index in [1.165, 1.54) is 44.9 Å². The Morgan fingerprint density at radius 1 is 0.889 bits per heavy atom. The Bertz CT molecular complexity index is 886. The molecule has 27 heavy (non-hydrogen) atoms. The van der Waals surface area contributed by atoms with Crippen molar-refractivity contribution in [2.75, 3.05) is 18.0 Å². The second kappa shape index (κ2) is 7.13. The molecule has 0 atom stereocenters. The molecule has 2 aromatic heterocycles. The summed E-state index contributed by atoms with van der Waals surface area (Å²) >= 11 is 0. The number of nitrogens with one attached hydrogen (secondary N) is 1. The number of benzene rings is 1. The lowest BCUT2D eigenvalue weighted by molar-refractivity contribution is 0.429. The van der Waals surface area contributed by atoms with Crippen LogP contribution in [0.2, 0.25) is 0 Å². The lowest BCUT2D eigenvalue weighted by atomic mass is 9.89. The predicted molar refractivity (Wildman–Crippen MR) is 104 cm³/mol. The van der Waals surface area contributed by atoms with Crippen LogP contribution in [0, 0.1) is 0 Å². The van der Waals surface area contributed by atoms with Gasteiger partial charge in [0.2, 0.25) is 5.82 Å². The lowest BCUT2D eigenvalue weighted by Crippen LogP contribution is -2.19. The third kappa shape index (κ3) is 3.22. The Hall–Kier alpha value is -2.70. The van der Waals surface area contributed by atoms with Crippen LogP contribution < -0.4 is 4.90 Å². The maximum absolute atomic E-state index is 4.83. The molecule has 1 N–H and O–H groups in total. The molecule has 1 saturated carbocycles. The van der Waals surface area contributed by atoms with Crippen molar-refractivity contribution in [1.29, 1.82) is 0 Å². The minimum Gasteiger partial charge on any atom is -0.353 e. The Morgan fingerprint density at radius 3 is 2.44 bits per heavy atom. The van der Waals surface area contributed by atoms with Crippen molar-refractivity contribution in [2.24, 2.45) is 0 Å².